The fraction of sp³-hybridized carbons (Fsp3) is 0.786. The second-order valence-corrected chi connectivity index (χ2v) is 6.17. The van der Waals surface area contributed by atoms with Crippen molar-refractivity contribution in [2.24, 2.45) is 7.05 Å². The first-order valence-corrected chi connectivity index (χ1v) is 7.12. The number of nitrogens with zero attached hydrogens (tertiary/aromatic N) is 4. The van der Waals surface area contributed by atoms with Crippen LogP contribution in [0.25, 0.3) is 0 Å². The van der Waals surface area contributed by atoms with Gasteiger partial charge in [-0.05, 0) is 26.8 Å². The van der Waals surface area contributed by atoms with Gasteiger partial charge in [-0.15, -0.1) is 0 Å². The molecule has 1 aromatic rings. The highest BCUT2D eigenvalue weighted by Gasteiger charge is 2.30. The lowest BCUT2D eigenvalue weighted by molar-refractivity contribution is 0.169. The molecule has 5 heteroatoms. The molecule has 0 radical (unpaired) electrons. The molecule has 5 nitrogen and oxygen atoms in total. The Bertz CT molecular complexity index is 439. The second kappa shape index (κ2) is 5.04. The number of aromatic nitrogens is 2. The summed E-state index contributed by atoms with van der Waals surface area (Å²) in [4.78, 5) is 4.80. The number of hydrogen-bond donors (Lipinski definition) is 1. The maximum Gasteiger partial charge on any atom is 0.150 e. The third kappa shape index (κ3) is 2.43. The fourth-order valence-corrected chi connectivity index (χ4v) is 2.93. The zero-order valence-electron chi connectivity index (χ0n) is 13.0. The highest BCUT2D eigenvalue weighted by molar-refractivity contribution is 5.67. The molecule has 0 aromatic carbocycles. The molecular formula is C14H27N5. The third-order valence-corrected chi connectivity index (χ3v) is 4.29. The van der Waals surface area contributed by atoms with Gasteiger partial charge in [0.15, 0.2) is 5.82 Å². The summed E-state index contributed by atoms with van der Waals surface area (Å²) in [6.45, 7) is 10.8. The lowest BCUT2D eigenvalue weighted by Crippen LogP contribution is -2.55. The van der Waals surface area contributed by atoms with Crippen molar-refractivity contribution in [1.29, 1.82) is 0 Å². The van der Waals surface area contributed by atoms with Gasteiger partial charge in [-0.25, -0.2) is 0 Å². The summed E-state index contributed by atoms with van der Waals surface area (Å²) < 4.78 is 1.94. The number of piperazine rings is 1. The van der Waals surface area contributed by atoms with E-state index >= 15 is 0 Å². The van der Waals surface area contributed by atoms with E-state index in [4.69, 9.17) is 5.73 Å². The van der Waals surface area contributed by atoms with Crippen LogP contribution in [0.5, 0.6) is 0 Å². The Morgan fingerprint density at radius 1 is 1.16 bits per heavy atom. The van der Waals surface area contributed by atoms with E-state index < -0.39 is 0 Å². The Balaban J connectivity index is 2.32. The van der Waals surface area contributed by atoms with Gasteiger partial charge in [0.05, 0.1) is 11.4 Å². The van der Waals surface area contributed by atoms with Crippen molar-refractivity contribution in [1.82, 2.24) is 14.7 Å². The molecule has 0 saturated carbocycles. The smallest absolute Gasteiger partial charge is 0.150 e. The van der Waals surface area contributed by atoms with Crippen molar-refractivity contribution in [2.45, 2.75) is 45.7 Å². The molecule has 1 aromatic heterocycles. The van der Waals surface area contributed by atoms with Crippen molar-refractivity contribution in [3.05, 3.63) is 5.69 Å². The van der Waals surface area contributed by atoms with Gasteiger partial charge < -0.3 is 10.6 Å². The Morgan fingerprint density at radius 3 is 2.11 bits per heavy atom. The lowest BCUT2D eigenvalue weighted by atomic mass is 10.1. The van der Waals surface area contributed by atoms with Crippen LogP contribution in [0, 0.1) is 0 Å². The van der Waals surface area contributed by atoms with E-state index in [-0.39, 0.29) is 0 Å². The second-order valence-electron chi connectivity index (χ2n) is 6.17. The molecular weight excluding hydrogens is 238 g/mol. The highest BCUT2D eigenvalue weighted by atomic mass is 15.4. The minimum absolute atomic E-state index is 0.363. The van der Waals surface area contributed by atoms with Crippen LogP contribution in [0.4, 0.5) is 11.5 Å². The molecule has 1 aliphatic heterocycles. The van der Waals surface area contributed by atoms with Gasteiger partial charge in [-0.3, -0.25) is 9.58 Å². The van der Waals surface area contributed by atoms with E-state index in [2.05, 4.69) is 49.6 Å². The Kier molecular flexibility index (Phi) is 3.76. The zero-order valence-corrected chi connectivity index (χ0v) is 13.0. The van der Waals surface area contributed by atoms with E-state index in [0.717, 1.165) is 30.3 Å². The molecule has 2 unspecified atom stereocenters. The molecule has 108 valence electrons. The van der Waals surface area contributed by atoms with Crippen LogP contribution in [-0.4, -0.2) is 46.9 Å². The molecule has 0 spiro atoms. The highest BCUT2D eigenvalue weighted by Crippen LogP contribution is 2.32. The summed E-state index contributed by atoms with van der Waals surface area (Å²) in [6.07, 6.45) is 0. The van der Waals surface area contributed by atoms with E-state index in [9.17, 15) is 0 Å². The summed E-state index contributed by atoms with van der Waals surface area (Å²) >= 11 is 0. The molecule has 0 amide bonds. The first-order chi connectivity index (χ1) is 8.82. The molecule has 1 saturated heterocycles. The minimum Gasteiger partial charge on any atom is -0.394 e. The maximum atomic E-state index is 6.32. The molecule has 2 rings (SSSR count). The van der Waals surface area contributed by atoms with Crippen molar-refractivity contribution in [3.8, 4) is 0 Å². The SMILES string of the molecule is CC(C)c1nn(C)c(N2CC(C)N(C)C(C)C2)c1N. The van der Waals surface area contributed by atoms with Crippen LogP contribution in [0.3, 0.4) is 0 Å². The quantitative estimate of drug-likeness (QED) is 0.883. The Labute approximate surface area is 116 Å². The zero-order chi connectivity index (χ0) is 14.3. The van der Waals surface area contributed by atoms with E-state index in [1.165, 1.54) is 0 Å². The Hall–Kier alpha value is -1.23. The third-order valence-electron chi connectivity index (χ3n) is 4.29. The average molecular weight is 265 g/mol. The van der Waals surface area contributed by atoms with Gasteiger partial charge >= 0.3 is 0 Å². The van der Waals surface area contributed by atoms with Gasteiger partial charge in [-0.2, -0.15) is 5.10 Å². The van der Waals surface area contributed by atoms with Gasteiger partial charge in [0.1, 0.15) is 0 Å². The predicted molar refractivity (Wildman–Crippen MR) is 80.6 cm³/mol. The number of anilines is 2. The van der Waals surface area contributed by atoms with E-state index in [0.29, 0.717) is 18.0 Å². The van der Waals surface area contributed by atoms with Crippen LogP contribution < -0.4 is 10.6 Å². The molecule has 2 atom stereocenters. The monoisotopic (exact) mass is 265 g/mol. The van der Waals surface area contributed by atoms with Gasteiger partial charge in [-0.1, -0.05) is 13.8 Å². The molecule has 1 fully saturated rings. The van der Waals surface area contributed by atoms with Crippen LogP contribution in [-0.2, 0) is 7.05 Å². The van der Waals surface area contributed by atoms with Crippen molar-refractivity contribution < 1.29 is 0 Å². The van der Waals surface area contributed by atoms with Crippen LogP contribution in [0.1, 0.15) is 39.3 Å². The first kappa shape index (κ1) is 14.2. The number of likely N-dealkylation sites (N-methyl/N-ethyl adjacent to an activating group) is 1. The number of hydrogen-bond acceptors (Lipinski definition) is 4. The van der Waals surface area contributed by atoms with Crippen molar-refractivity contribution >= 4 is 11.5 Å². The lowest BCUT2D eigenvalue weighted by Gasteiger charge is -2.43. The van der Waals surface area contributed by atoms with Gasteiger partial charge in [0, 0.05) is 32.2 Å². The van der Waals surface area contributed by atoms with Crippen LogP contribution >= 0.6 is 0 Å². The number of aryl methyl sites for hydroxylation is 1. The Morgan fingerprint density at radius 2 is 1.68 bits per heavy atom. The summed E-state index contributed by atoms with van der Waals surface area (Å²) in [7, 11) is 4.18. The molecule has 2 N–H and O–H groups in total. The number of nitrogens with two attached hydrogens (primary N) is 1. The van der Waals surface area contributed by atoms with Crippen LogP contribution in [0.15, 0.2) is 0 Å². The van der Waals surface area contributed by atoms with Gasteiger partial charge in [0.2, 0.25) is 0 Å². The summed E-state index contributed by atoms with van der Waals surface area (Å²) in [5, 5.41) is 4.59. The molecule has 1 aliphatic rings. The average Bonchev–Trinajstić information content (AvgIpc) is 2.61. The molecule has 0 aliphatic carbocycles. The maximum absolute atomic E-state index is 6.32. The van der Waals surface area contributed by atoms with E-state index in [1.807, 2.05) is 11.7 Å². The molecule has 19 heavy (non-hydrogen) atoms. The van der Waals surface area contributed by atoms with E-state index in [1.54, 1.807) is 0 Å². The normalized spacial score (nSPS) is 25.3. The summed E-state index contributed by atoms with van der Waals surface area (Å²) in [5.41, 5.74) is 8.18. The number of rotatable bonds is 2. The fourth-order valence-electron chi connectivity index (χ4n) is 2.93. The minimum atomic E-state index is 0.363. The van der Waals surface area contributed by atoms with Crippen molar-refractivity contribution in [2.75, 3.05) is 30.8 Å². The van der Waals surface area contributed by atoms with Gasteiger partial charge in [0.25, 0.3) is 0 Å². The standard InChI is InChI=1S/C14H27N5/c1-9(2)13-12(15)14(18(6)16-13)19-7-10(3)17(5)11(4)8-19/h9-11H,7-8,15H2,1-6H3. The molecule has 2 heterocycles. The van der Waals surface area contributed by atoms with Crippen LogP contribution in [0.2, 0.25) is 0 Å². The largest absolute Gasteiger partial charge is 0.394 e. The summed E-state index contributed by atoms with van der Waals surface area (Å²) in [6, 6.07) is 1.06. The predicted octanol–water partition coefficient (Wildman–Crippen LogP) is 1.65. The number of nitrogen functional groups attached to an aromatic ring is 1. The van der Waals surface area contributed by atoms with Crippen molar-refractivity contribution in [3.63, 3.8) is 0 Å². The summed E-state index contributed by atoms with van der Waals surface area (Å²) in [5.74, 6) is 1.44. The first-order valence-electron chi connectivity index (χ1n) is 7.12. The molecule has 0 bridgehead atoms. The topological polar surface area (TPSA) is 50.3 Å².